The highest BCUT2D eigenvalue weighted by Crippen LogP contribution is 2.56. The largest absolute Gasteiger partial charge is 0.542 e. The number of oxime groups is 1. The van der Waals surface area contributed by atoms with E-state index in [2.05, 4.69) is 10.1 Å². The summed E-state index contributed by atoms with van der Waals surface area (Å²) in [5, 5.41) is 6.95. The highest BCUT2D eigenvalue weighted by Gasteiger charge is 2.62. The Hall–Kier alpha value is -6.21. The number of Topliss-reactive ketones (excluding diaryl/α,β-unsaturated/α-hetero) is 1. The molecule has 2 N–H and O–H groups in total. The first-order valence-electron chi connectivity index (χ1n) is 23.6. The molecular formula is C51H60BClN6O14S3. The molecule has 0 aliphatic carbocycles. The van der Waals surface area contributed by atoms with E-state index in [1.54, 1.807) is 92.2 Å². The Labute approximate surface area is 459 Å². The van der Waals surface area contributed by atoms with Crippen LogP contribution in [0.15, 0.2) is 71.2 Å². The lowest BCUT2D eigenvalue weighted by atomic mass is 9.90. The number of aromatic nitrogens is 1. The first kappa shape index (κ1) is 59.0. The van der Waals surface area contributed by atoms with E-state index in [4.69, 9.17) is 63.3 Å². The summed E-state index contributed by atoms with van der Waals surface area (Å²) in [5.41, 5.74) is 3.61. The Morgan fingerprint density at radius 1 is 0.895 bits per heavy atom. The molecule has 76 heavy (non-hydrogen) atoms. The van der Waals surface area contributed by atoms with Gasteiger partial charge in [0.15, 0.2) is 32.2 Å². The second-order valence-corrected chi connectivity index (χ2v) is 24.2. The Bertz CT molecular complexity index is 2820. The lowest BCUT2D eigenvalue weighted by Gasteiger charge is -2.41. The molecule has 0 bridgehead atoms. The molecule has 0 saturated carbocycles. The maximum Gasteiger partial charge on any atom is 0.432 e. The number of rotatable bonds is 22. The van der Waals surface area contributed by atoms with Crippen LogP contribution in [0.2, 0.25) is 5.02 Å². The van der Waals surface area contributed by atoms with E-state index in [-0.39, 0.29) is 77.1 Å². The summed E-state index contributed by atoms with van der Waals surface area (Å²) in [4.78, 5) is 94.3. The predicted molar refractivity (Wildman–Crippen MR) is 288 cm³/mol. The van der Waals surface area contributed by atoms with E-state index in [0.29, 0.717) is 11.5 Å². The molecule has 25 heteroatoms. The van der Waals surface area contributed by atoms with Gasteiger partial charge < -0.3 is 48.5 Å². The summed E-state index contributed by atoms with van der Waals surface area (Å²) in [5.74, 6) is -2.86. The van der Waals surface area contributed by atoms with Crippen molar-refractivity contribution in [3.05, 3.63) is 93.5 Å². The van der Waals surface area contributed by atoms with Crippen molar-refractivity contribution in [2.24, 2.45) is 11.1 Å². The minimum atomic E-state index is -1.63. The molecule has 6 rings (SSSR count). The Balaban J connectivity index is 1.20. The van der Waals surface area contributed by atoms with Crippen molar-refractivity contribution < 1.29 is 66.7 Å². The molecule has 2 fully saturated rings. The maximum atomic E-state index is 14.7. The van der Waals surface area contributed by atoms with Gasteiger partial charge in [0.1, 0.15) is 41.6 Å². The summed E-state index contributed by atoms with van der Waals surface area (Å²) in [6, 6.07) is 17.3. The fourth-order valence-electron chi connectivity index (χ4n) is 7.38. The van der Waals surface area contributed by atoms with E-state index >= 15 is 0 Å². The number of methoxy groups -OCH3 is 2. The molecule has 4 aromatic rings. The number of anilines is 1. The number of thiazole rings is 1. The lowest BCUT2D eigenvalue weighted by Crippen LogP contribution is -2.57. The molecule has 1 aromatic heterocycles. The van der Waals surface area contributed by atoms with E-state index in [1.165, 1.54) is 48.3 Å². The average Bonchev–Trinajstić information content (AvgIpc) is 3.95. The zero-order chi connectivity index (χ0) is 55.9. The smallest absolute Gasteiger partial charge is 0.432 e. The van der Waals surface area contributed by atoms with E-state index in [1.807, 2.05) is 12.1 Å². The number of esters is 1. The number of ether oxygens (including phenoxy) is 6. The number of carbonyl (C=O) groups is 6. The van der Waals surface area contributed by atoms with Gasteiger partial charge in [0, 0.05) is 31.1 Å². The fraction of sp³-hybridized carbons (Fsp3) is 0.451. The van der Waals surface area contributed by atoms with Crippen molar-refractivity contribution in [1.82, 2.24) is 19.9 Å². The van der Waals surface area contributed by atoms with Crippen LogP contribution in [0.3, 0.4) is 0 Å². The third-order valence-electron chi connectivity index (χ3n) is 11.3. The number of hydrogen-bond donors (Lipinski definition) is 1. The van der Waals surface area contributed by atoms with Crippen molar-refractivity contribution in [3.63, 3.8) is 0 Å². The van der Waals surface area contributed by atoms with Crippen LogP contribution in [0.1, 0.15) is 89.0 Å². The molecule has 2 saturated heterocycles. The Kier molecular flexibility index (Phi) is 19.0. The van der Waals surface area contributed by atoms with Crippen LogP contribution in [0.5, 0.6) is 23.0 Å². The van der Waals surface area contributed by atoms with Crippen molar-refractivity contribution in [3.8, 4) is 23.0 Å². The number of hydrazine groups is 1. The monoisotopic (exact) mass is 1120 g/mol. The minimum absolute atomic E-state index is 0.0152. The lowest BCUT2D eigenvalue weighted by molar-refractivity contribution is -0.179. The molecule has 20 nitrogen and oxygen atoms in total. The van der Waals surface area contributed by atoms with Crippen LogP contribution < -0.4 is 24.7 Å². The molecule has 0 spiro atoms. The number of imide groups is 1. The number of nitrogens with zero attached hydrogens (tertiary/aromatic N) is 5. The standard InChI is InChI=1S/C51H60BClN6O14S3/c1-48(2,3)70-44(63)50(7,8)73-56-39(35-27-74-46(54)55-35)36(60)24-34-41(61)58-28-51(45(64)72-52,76-43(34)58)75-23-22-57(9)59(47(65)71-49(4,5)6)42(62)33-20-21-37(68-25-29-12-16-31(66-10)17-13-29)40(38(33)53)69-26-30-14-18-32(67-11)19-15-30/h12-21,27,34,43H,22-26,28H2,1-11H3,(H2,54,55)/b56-39-/t34-,43-,51-/m1/s1. The fourth-order valence-corrected chi connectivity index (χ4v) is 11.5. The molecule has 3 amide bonds. The van der Waals surface area contributed by atoms with E-state index in [0.717, 1.165) is 51.0 Å². The van der Waals surface area contributed by atoms with Crippen molar-refractivity contribution in [1.29, 1.82) is 0 Å². The van der Waals surface area contributed by atoms with E-state index < -0.39 is 67.8 Å². The van der Waals surface area contributed by atoms with Gasteiger partial charge in [0.25, 0.3) is 5.91 Å². The quantitative estimate of drug-likeness (QED) is 0.0259. The molecule has 2 aliphatic rings. The van der Waals surface area contributed by atoms with Crippen LogP contribution in [0.25, 0.3) is 0 Å². The number of fused-ring (bicyclic) bond motifs is 1. The first-order valence-corrected chi connectivity index (χ1v) is 26.7. The summed E-state index contributed by atoms with van der Waals surface area (Å²) in [6.07, 6.45) is -1.41. The zero-order valence-corrected chi connectivity index (χ0v) is 47.2. The van der Waals surface area contributed by atoms with Gasteiger partial charge in [-0.2, -0.15) is 5.01 Å². The average molecular weight is 1120 g/mol. The van der Waals surface area contributed by atoms with Gasteiger partial charge in [-0.1, -0.05) is 41.0 Å². The highest BCUT2D eigenvalue weighted by molar-refractivity contribution is 8.20. The van der Waals surface area contributed by atoms with Crippen LogP contribution in [-0.2, 0) is 51.4 Å². The SMILES string of the molecule is [B]OC(=O)[C@@]1(SCCN(C)N(C(=O)OC(C)(C)C)C(=O)c2ccc(OCc3ccc(OC)cc3)c(OCc3ccc(OC)cc3)c2Cl)CN2C(=O)[C@@H](CC(=O)/C(=N\OC(C)(C)C(=O)OC(C)(C)C)c3csc(N)n3)[C@H]2S1. The molecule has 3 atom stereocenters. The number of ketones is 1. The number of carbonyl (C=O) groups excluding carboxylic acids is 6. The molecule has 3 aromatic carbocycles. The minimum Gasteiger partial charge on any atom is -0.542 e. The van der Waals surface area contributed by atoms with Crippen molar-refractivity contribution in [2.75, 3.05) is 45.8 Å². The van der Waals surface area contributed by atoms with Crippen molar-refractivity contribution >= 4 is 101 Å². The zero-order valence-electron chi connectivity index (χ0n) is 44.0. The third kappa shape index (κ3) is 14.4. The second-order valence-electron chi connectivity index (χ2n) is 19.8. The Morgan fingerprint density at radius 2 is 1.49 bits per heavy atom. The number of amides is 3. The van der Waals surface area contributed by atoms with Crippen LogP contribution >= 0.6 is 46.5 Å². The summed E-state index contributed by atoms with van der Waals surface area (Å²) >= 11 is 10.3. The molecule has 3 heterocycles. The molecule has 0 unspecified atom stereocenters. The highest BCUT2D eigenvalue weighted by atomic mass is 35.5. The summed E-state index contributed by atoms with van der Waals surface area (Å²) in [7, 11) is 10.1. The molecule has 406 valence electrons. The number of hydrogen-bond acceptors (Lipinski definition) is 21. The Morgan fingerprint density at radius 3 is 2.03 bits per heavy atom. The number of nitrogens with two attached hydrogens (primary N) is 1. The molecule has 2 radical (unpaired) electrons. The van der Waals surface area contributed by atoms with Gasteiger partial charge in [-0.3, -0.25) is 19.2 Å². The van der Waals surface area contributed by atoms with Crippen LogP contribution in [0, 0.1) is 5.92 Å². The van der Waals surface area contributed by atoms with E-state index in [9.17, 15) is 28.8 Å². The van der Waals surface area contributed by atoms with Gasteiger partial charge in [-0.25, -0.2) is 19.6 Å². The predicted octanol–water partition coefficient (Wildman–Crippen LogP) is 7.87. The number of nitrogen functional groups attached to an aromatic ring is 1. The number of benzene rings is 3. The van der Waals surface area contributed by atoms with Crippen LogP contribution in [0.4, 0.5) is 9.93 Å². The normalized spacial score (nSPS) is 17.5. The first-order chi connectivity index (χ1) is 35.7. The van der Waals surface area contributed by atoms with Gasteiger partial charge in [-0.05, 0) is 103 Å². The number of halogens is 1. The second kappa shape index (κ2) is 24.4. The summed E-state index contributed by atoms with van der Waals surface area (Å²) < 4.78 is 37.5. The van der Waals surface area contributed by atoms with Crippen molar-refractivity contribution in [2.45, 2.75) is 101 Å². The van der Waals surface area contributed by atoms with Gasteiger partial charge in [0.05, 0.1) is 42.6 Å². The molecule has 2 aliphatic heterocycles. The van der Waals surface area contributed by atoms with Gasteiger partial charge in [-0.15, -0.1) is 34.9 Å². The molecular weight excluding hydrogens is 1060 g/mol. The number of thioether (sulfide) groups is 2. The third-order valence-corrected chi connectivity index (χ3v) is 15.6. The van der Waals surface area contributed by atoms with Gasteiger partial charge >= 0.3 is 26.1 Å². The number of β-lactam (4-membered cyclic amide) rings is 1. The maximum absolute atomic E-state index is 14.7. The van der Waals surface area contributed by atoms with Gasteiger partial charge in [0.2, 0.25) is 11.5 Å². The topological polar surface area (TPSA) is 237 Å². The summed E-state index contributed by atoms with van der Waals surface area (Å²) in [6.45, 7) is 12.8. The van der Waals surface area contributed by atoms with Crippen LogP contribution in [-0.4, -0.2) is 136 Å².